The fraction of sp³-hybridized carbons (Fsp3) is 0.333. The zero-order valence-electron chi connectivity index (χ0n) is 12.1. The van der Waals surface area contributed by atoms with Crippen LogP contribution in [0.5, 0.6) is 0 Å². The first-order valence-electron chi connectivity index (χ1n) is 6.74. The lowest BCUT2D eigenvalue weighted by molar-refractivity contribution is 0.607. The standard InChI is InChI=1S/C15H16BrClN4/c1-9-14-15(20(3)19-9)21(13(8-17)18-14)10(2)11-4-6-12(16)7-5-11/h4-7,10H,8H2,1-3H3. The Balaban J connectivity index is 2.20. The molecule has 0 radical (unpaired) electrons. The number of nitrogens with zero attached hydrogens (tertiary/aromatic N) is 4. The third-order valence-electron chi connectivity index (χ3n) is 3.77. The highest BCUT2D eigenvalue weighted by atomic mass is 79.9. The Labute approximate surface area is 136 Å². The molecule has 6 heteroatoms. The topological polar surface area (TPSA) is 35.6 Å². The van der Waals surface area contributed by atoms with Crippen molar-refractivity contribution < 1.29 is 0 Å². The van der Waals surface area contributed by atoms with Crippen LogP contribution in [0.4, 0.5) is 0 Å². The molecule has 4 nitrogen and oxygen atoms in total. The predicted molar refractivity (Wildman–Crippen MR) is 88.7 cm³/mol. The van der Waals surface area contributed by atoms with Crippen molar-refractivity contribution in [3.63, 3.8) is 0 Å². The van der Waals surface area contributed by atoms with Crippen molar-refractivity contribution in [2.75, 3.05) is 0 Å². The maximum absolute atomic E-state index is 6.10. The van der Waals surface area contributed by atoms with E-state index >= 15 is 0 Å². The first kappa shape index (κ1) is 14.6. The van der Waals surface area contributed by atoms with Crippen molar-refractivity contribution in [2.45, 2.75) is 25.8 Å². The maximum atomic E-state index is 6.10. The lowest BCUT2D eigenvalue weighted by atomic mass is 10.1. The summed E-state index contributed by atoms with van der Waals surface area (Å²) in [7, 11) is 1.94. The third kappa shape index (κ3) is 2.38. The van der Waals surface area contributed by atoms with Crippen molar-refractivity contribution in [1.82, 2.24) is 19.3 Å². The number of aryl methyl sites for hydroxylation is 2. The van der Waals surface area contributed by atoms with E-state index < -0.39 is 0 Å². The second-order valence-electron chi connectivity index (χ2n) is 5.14. The van der Waals surface area contributed by atoms with E-state index in [0.717, 1.165) is 27.2 Å². The molecule has 0 bridgehead atoms. The highest BCUT2D eigenvalue weighted by molar-refractivity contribution is 9.10. The molecule has 1 unspecified atom stereocenters. The predicted octanol–water partition coefficient (Wildman–Crippen LogP) is 4.19. The summed E-state index contributed by atoms with van der Waals surface area (Å²) in [5.74, 6) is 1.26. The van der Waals surface area contributed by atoms with Crippen molar-refractivity contribution in [2.24, 2.45) is 7.05 Å². The molecule has 1 atom stereocenters. The minimum absolute atomic E-state index is 0.145. The largest absolute Gasteiger partial charge is 0.305 e. The Morgan fingerprint density at radius 3 is 2.57 bits per heavy atom. The molecule has 2 heterocycles. The zero-order chi connectivity index (χ0) is 15.1. The van der Waals surface area contributed by atoms with Crippen LogP contribution in [0.25, 0.3) is 11.2 Å². The van der Waals surface area contributed by atoms with Gasteiger partial charge >= 0.3 is 0 Å². The molecule has 3 aromatic rings. The van der Waals surface area contributed by atoms with Gasteiger partial charge in [0.05, 0.1) is 17.6 Å². The van der Waals surface area contributed by atoms with Crippen LogP contribution in [0, 0.1) is 6.92 Å². The smallest absolute Gasteiger partial charge is 0.159 e. The second-order valence-corrected chi connectivity index (χ2v) is 6.32. The van der Waals surface area contributed by atoms with Crippen LogP contribution in [0.1, 0.15) is 30.0 Å². The van der Waals surface area contributed by atoms with E-state index in [9.17, 15) is 0 Å². The first-order valence-corrected chi connectivity index (χ1v) is 8.07. The average Bonchev–Trinajstić information content (AvgIpc) is 2.98. The van der Waals surface area contributed by atoms with Crippen molar-refractivity contribution in [3.05, 3.63) is 45.8 Å². The molecule has 110 valence electrons. The molecule has 0 N–H and O–H groups in total. The first-order chi connectivity index (χ1) is 10.0. The Morgan fingerprint density at radius 1 is 1.29 bits per heavy atom. The third-order valence-corrected chi connectivity index (χ3v) is 4.54. The summed E-state index contributed by atoms with van der Waals surface area (Å²) >= 11 is 9.57. The van der Waals surface area contributed by atoms with Crippen LogP contribution < -0.4 is 0 Å². The van der Waals surface area contributed by atoms with Crippen molar-refractivity contribution >= 4 is 38.7 Å². The monoisotopic (exact) mass is 366 g/mol. The number of fused-ring (bicyclic) bond motifs is 1. The number of hydrogen-bond acceptors (Lipinski definition) is 2. The summed E-state index contributed by atoms with van der Waals surface area (Å²) in [5, 5.41) is 4.46. The lowest BCUT2D eigenvalue weighted by Crippen LogP contribution is -2.12. The van der Waals surface area contributed by atoms with Gasteiger partial charge in [-0.1, -0.05) is 28.1 Å². The van der Waals surface area contributed by atoms with E-state index in [1.807, 2.05) is 18.7 Å². The summed E-state index contributed by atoms with van der Waals surface area (Å²) in [6.07, 6.45) is 0. The van der Waals surface area contributed by atoms with Gasteiger partial charge < -0.3 is 4.57 Å². The highest BCUT2D eigenvalue weighted by Gasteiger charge is 2.21. The minimum Gasteiger partial charge on any atom is -0.305 e. The maximum Gasteiger partial charge on any atom is 0.159 e. The van der Waals surface area contributed by atoms with E-state index in [-0.39, 0.29) is 6.04 Å². The molecule has 0 saturated carbocycles. The van der Waals surface area contributed by atoms with Crippen LogP contribution in [-0.2, 0) is 12.9 Å². The van der Waals surface area contributed by atoms with Gasteiger partial charge in [-0.2, -0.15) is 5.10 Å². The molecule has 0 saturated heterocycles. The van der Waals surface area contributed by atoms with Gasteiger partial charge in [0.15, 0.2) is 5.65 Å². The van der Waals surface area contributed by atoms with Gasteiger partial charge in [-0.15, -0.1) is 11.6 Å². The van der Waals surface area contributed by atoms with Crippen LogP contribution >= 0.6 is 27.5 Å². The lowest BCUT2D eigenvalue weighted by Gasteiger charge is -2.17. The van der Waals surface area contributed by atoms with Crippen LogP contribution in [-0.4, -0.2) is 19.3 Å². The summed E-state index contributed by atoms with van der Waals surface area (Å²) in [6, 6.07) is 8.47. The van der Waals surface area contributed by atoms with Crippen LogP contribution in [0.2, 0.25) is 0 Å². The number of rotatable bonds is 3. The molecule has 0 fully saturated rings. The molecule has 3 rings (SSSR count). The van der Waals surface area contributed by atoms with Crippen molar-refractivity contribution in [3.8, 4) is 0 Å². The number of aromatic nitrogens is 4. The molecule has 0 aliphatic heterocycles. The van der Waals surface area contributed by atoms with Crippen LogP contribution in [0.15, 0.2) is 28.7 Å². The molecule has 0 amide bonds. The number of imidazole rings is 1. The Morgan fingerprint density at radius 2 is 1.95 bits per heavy atom. The van der Waals surface area contributed by atoms with E-state index in [0.29, 0.717) is 5.88 Å². The fourth-order valence-corrected chi connectivity index (χ4v) is 3.19. The number of benzene rings is 1. The summed E-state index contributed by atoms with van der Waals surface area (Å²) < 4.78 is 5.12. The summed E-state index contributed by atoms with van der Waals surface area (Å²) in [6.45, 7) is 4.13. The fourth-order valence-electron chi connectivity index (χ4n) is 2.73. The molecule has 2 aromatic heterocycles. The van der Waals surface area contributed by atoms with Gasteiger partial charge in [0.1, 0.15) is 11.3 Å². The number of alkyl halides is 1. The second kappa shape index (κ2) is 5.46. The molecule has 21 heavy (non-hydrogen) atoms. The minimum atomic E-state index is 0.145. The highest BCUT2D eigenvalue weighted by Crippen LogP contribution is 2.28. The van der Waals surface area contributed by atoms with Crippen LogP contribution in [0.3, 0.4) is 0 Å². The molecule has 1 aromatic carbocycles. The van der Waals surface area contributed by atoms with Gasteiger partial charge in [0.25, 0.3) is 0 Å². The summed E-state index contributed by atoms with van der Waals surface area (Å²) in [5.41, 5.74) is 4.08. The molecule has 0 aliphatic carbocycles. The van der Waals surface area contributed by atoms with Gasteiger partial charge in [-0.25, -0.2) is 4.98 Å². The normalized spacial score (nSPS) is 13.0. The Hall–Kier alpha value is -1.33. The Kier molecular flexibility index (Phi) is 3.80. The number of halogens is 2. The van der Waals surface area contributed by atoms with E-state index in [2.05, 4.69) is 61.8 Å². The average molecular weight is 368 g/mol. The number of hydrogen-bond donors (Lipinski definition) is 0. The Bertz CT molecular complexity index is 788. The molecule has 0 spiro atoms. The van der Waals surface area contributed by atoms with Gasteiger partial charge in [0.2, 0.25) is 0 Å². The van der Waals surface area contributed by atoms with Crippen molar-refractivity contribution in [1.29, 1.82) is 0 Å². The van der Waals surface area contributed by atoms with E-state index in [4.69, 9.17) is 11.6 Å². The SMILES string of the molecule is Cc1nn(C)c2c1nc(CCl)n2C(C)c1ccc(Br)cc1. The zero-order valence-corrected chi connectivity index (χ0v) is 14.5. The summed E-state index contributed by atoms with van der Waals surface area (Å²) in [4.78, 5) is 4.65. The van der Waals surface area contributed by atoms with Gasteiger partial charge in [-0.05, 0) is 31.5 Å². The molecular formula is C15H16BrClN4. The van der Waals surface area contributed by atoms with Gasteiger partial charge in [-0.3, -0.25) is 4.68 Å². The quantitative estimate of drug-likeness (QED) is 0.651. The molecular weight excluding hydrogens is 352 g/mol. The van der Waals surface area contributed by atoms with Gasteiger partial charge in [0, 0.05) is 11.5 Å². The molecule has 0 aliphatic rings. The van der Waals surface area contributed by atoms with E-state index in [1.54, 1.807) is 0 Å². The van der Waals surface area contributed by atoms with E-state index in [1.165, 1.54) is 5.56 Å².